The molecule has 6 heteroatoms. The Morgan fingerprint density at radius 1 is 0.524 bits per heavy atom. The van der Waals surface area contributed by atoms with Gasteiger partial charge in [0.25, 0.3) is 0 Å². The molecule has 42 heavy (non-hydrogen) atoms. The Bertz CT molecular complexity index is 614. The van der Waals surface area contributed by atoms with Crippen molar-refractivity contribution in [3.8, 4) is 0 Å². The van der Waals surface area contributed by atoms with Crippen molar-refractivity contribution in [1.82, 2.24) is 0 Å². The van der Waals surface area contributed by atoms with Gasteiger partial charge in [-0.3, -0.25) is 9.59 Å². The van der Waals surface area contributed by atoms with Crippen LogP contribution >= 0.6 is 12.6 Å². The topological polar surface area (TPSA) is 61.8 Å². The van der Waals surface area contributed by atoms with E-state index in [1.165, 1.54) is 89.9 Å². The summed E-state index contributed by atoms with van der Waals surface area (Å²) in [6.45, 7) is 9.68. The van der Waals surface area contributed by atoms with Gasteiger partial charge in [-0.05, 0) is 26.2 Å². The van der Waals surface area contributed by atoms with Gasteiger partial charge in [0.05, 0.1) is 25.7 Å². The van der Waals surface area contributed by atoms with Crippen LogP contribution in [0.4, 0.5) is 0 Å². The summed E-state index contributed by atoms with van der Waals surface area (Å²) in [6, 6.07) is 0. The second-order valence-corrected chi connectivity index (χ2v) is 13.2. The number of esters is 2. The molecule has 5 nitrogen and oxygen atoms in total. The largest absolute Gasteiger partial charge is 0.466 e. The lowest BCUT2D eigenvalue weighted by molar-refractivity contribution is -0.157. The Morgan fingerprint density at radius 3 is 1.29 bits per heavy atom. The monoisotopic (exact) mass is 614 g/mol. The number of rotatable bonds is 32. The third kappa shape index (κ3) is 23.7. The van der Waals surface area contributed by atoms with Gasteiger partial charge in [-0.2, -0.15) is 12.6 Å². The van der Waals surface area contributed by atoms with E-state index in [0.29, 0.717) is 19.8 Å². The van der Waals surface area contributed by atoms with Crippen LogP contribution < -0.4 is 0 Å². The van der Waals surface area contributed by atoms with Crippen molar-refractivity contribution in [2.24, 2.45) is 0 Å². The van der Waals surface area contributed by atoms with Gasteiger partial charge in [0.1, 0.15) is 4.75 Å². The molecule has 0 aliphatic rings. The maximum atomic E-state index is 13.1. The van der Waals surface area contributed by atoms with Gasteiger partial charge >= 0.3 is 11.9 Å². The Labute approximate surface area is 266 Å². The lowest BCUT2D eigenvalue weighted by Crippen LogP contribution is -2.48. The minimum absolute atomic E-state index is 0.141. The summed E-state index contributed by atoms with van der Waals surface area (Å²) in [4.78, 5) is 25.7. The predicted octanol–water partition coefficient (Wildman–Crippen LogP) is 11.0. The molecule has 0 rings (SSSR count). The molecule has 0 aliphatic carbocycles. The van der Waals surface area contributed by atoms with Crippen molar-refractivity contribution in [2.75, 3.05) is 19.8 Å². The molecule has 0 aromatic carbocycles. The highest BCUT2D eigenvalue weighted by molar-refractivity contribution is 7.82. The first-order valence-electron chi connectivity index (χ1n) is 18.1. The first-order valence-corrected chi connectivity index (χ1v) is 18.5. The average molecular weight is 615 g/mol. The van der Waals surface area contributed by atoms with Crippen LogP contribution in [-0.2, 0) is 23.8 Å². The molecular weight excluding hydrogens is 544 g/mol. The van der Waals surface area contributed by atoms with Crippen LogP contribution in [0.1, 0.15) is 188 Å². The van der Waals surface area contributed by atoms with Gasteiger partial charge in [0.2, 0.25) is 0 Å². The van der Waals surface area contributed by atoms with Gasteiger partial charge in [-0.1, -0.05) is 156 Å². The average Bonchev–Trinajstić information content (AvgIpc) is 2.98. The number of carbonyl (C=O) groups is 2. The van der Waals surface area contributed by atoms with Crippen molar-refractivity contribution >= 4 is 24.6 Å². The van der Waals surface area contributed by atoms with Gasteiger partial charge in [0, 0.05) is 6.61 Å². The summed E-state index contributed by atoms with van der Waals surface area (Å²) >= 11 is 4.70. The normalized spacial score (nSPS) is 13.5. The Balaban J connectivity index is 4.22. The molecule has 0 spiro atoms. The first-order chi connectivity index (χ1) is 20.4. The standard InChI is InChI=1S/C36H70O5S/c1-5-8-11-14-15-16-17-18-19-20-21-22-23-24-25-28-29-39-33(4)36(42,35(38)41-31-27-13-10-7-3)32-34(37)40-30-26-12-9-6-2/h33,42H,5-32H2,1-4H3/t33?,36-/m0/s1. The zero-order valence-corrected chi connectivity index (χ0v) is 29.3. The predicted molar refractivity (Wildman–Crippen MR) is 181 cm³/mol. The second kappa shape index (κ2) is 30.3. The smallest absolute Gasteiger partial charge is 0.325 e. The first kappa shape index (κ1) is 41.2. The van der Waals surface area contributed by atoms with E-state index in [0.717, 1.165) is 64.2 Å². The summed E-state index contributed by atoms with van der Waals surface area (Å²) in [6.07, 6.45) is 28.7. The molecule has 0 radical (unpaired) electrons. The molecule has 250 valence electrons. The van der Waals surface area contributed by atoms with E-state index in [1.54, 1.807) is 0 Å². The lowest BCUT2D eigenvalue weighted by atomic mass is 9.98. The Kier molecular flexibility index (Phi) is 29.7. The summed E-state index contributed by atoms with van der Waals surface area (Å²) in [5.74, 6) is -0.896. The van der Waals surface area contributed by atoms with Gasteiger partial charge in [-0.15, -0.1) is 0 Å². The molecule has 0 N–H and O–H groups in total. The minimum atomic E-state index is -1.35. The molecule has 0 saturated heterocycles. The molecule has 0 aromatic heterocycles. The number of carbonyl (C=O) groups excluding carboxylic acids is 2. The number of ether oxygens (including phenoxy) is 3. The molecule has 0 saturated carbocycles. The minimum Gasteiger partial charge on any atom is -0.466 e. The quantitative estimate of drug-likeness (QED) is 0.0464. The van der Waals surface area contributed by atoms with Gasteiger partial charge in [-0.25, -0.2) is 0 Å². The van der Waals surface area contributed by atoms with Crippen LogP contribution in [0, 0.1) is 0 Å². The lowest BCUT2D eigenvalue weighted by Gasteiger charge is -2.31. The highest BCUT2D eigenvalue weighted by Gasteiger charge is 2.45. The molecule has 1 unspecified atom stereocenters. The molecule has 0 bridgehead atoms. The Morgan fingerprint density at radius 2 is 0.857 bits per heavy atom. The maximum absolute atomic E-state index is 13.1. The van der Waals surface area contributed by atoms with Crippen LogP contribution in [0.5, 0.6) is 0 Å². The number of hydrogen-bond donors (Lipinski definition) is 1. The van der Waals surface area contributed by atoms with Crippen molar-refractivity contribution in [1.29, 1.82) is 0 Å². The van der Waals surface area contributed by atoms with Crippen LogP contribution in [0.3, 0.4) is 0 Å². The molecule has 2 atom stereocenters. The van der Waals surface area contributed by atoms with Crippen LogP contribution in [0.15, 0.2) is 0 Å². The van der Waals surface area contributed by atoms with Crippen molar-refractivity contribution in [3.05, 3.63) is 0 Å². The van der Waals surface area contributed by atoms with E-state index in [4.69, 9.17) is 26.8 Å². The van der Waals surface area contributed by atoms with E-state index in [2.05, 4.69) is 20.8 Å². The second-order valence-electron chi connectivity index (χ2n) is 12.4. The van der Waals surface area contributed by atoms with E-state index in [-0.39, 0.29) is 6.42 Å². The molecule has 0 aliphatic heterocycles. The zero-order chi connectivity index (χ0) is 31.2. The summed E-state index contributed by atoms with van der Waals surface area (Å²) in [5.41, 5.74) is 0. The molecule has 0 fully saturated rings. The number of unbranched alkanes of at least 4 members (excludes halogenated alkanes) is 21. The summed E-state index contributed by atoms with van der Waals surface area (Å²) in [7, 11) is 0. The fourth-order valence-electron chi connectivity index (χ4n) is 5.23. The molecule has 0 amide bonds. The Hall–Kier alpha value is -0.750. The van der Waals surface area contributed by atoms with E-state index >= 15 is 0 Å². The third-order valence-corrected chi connectivity index (χ3v) is 9.00. The third-order valence-electron chi connectivity index (χ3n) is 8.30. The molecular formula is C36H70O5S. The highest BCUT2D eigenvalue weighted by atomic mass is 32.1. The maximum Gasteiger partial charge on any atom is 0.325 e. The SMILES string of the molecule is CCCCCCCCCCCCCCCCCCOC(C)[C@@](S)(CC(=O)OCCCCCC)C(=O)OCCCCCC. The van der Waals surface area contributed by atoms with Crippen LogP contribution in [0.2, 0.25) is 0 Å². The number of thiol groups is 1. The summed E-state index contributed by atoms with van der Waals surface area (Å²) < 4.78 is 15.7. The van der Waals surface area contributed by atoms with Gasteiger partial charge in [0.15, 0.2) is 0 Å². The van der Waals surface area contributed by atoms with Crippen molar-refractivity contribution in [2.45, 2.75) is 199 Å². The highest BCUT2D eigenvalue weighted by Crippen LogP contribution is 2.29. The van der Waals surface area contributed by atoms with Crippen LogP contribution in [0.25, 0.3) is 0 Å². The summed E-state index contributed by atoms with van der Waals surface area (Å²) in [5, 5.41) is 0. The molecule has 0 heterocycles. The van der Waals surface area contributed by atoms with E-state index in [1.807, 2.05) is 6.92 Å². The van der Waals surface area contributed by atoms with Crippen molar-refractivity contribution < 1.29 is 23.8 Å². The zero-order valence-electron chi connectivity index (χ0n) is 28.4. The van der Waals surface area contributed by atoms with Crippen LogP contribution in [-0.4, -0.2) is 42.6 Å². The van der Waals surface area contributed by atoms with E-state index in [9.17, 15) is 9.59 Å². The van der Waals surface area contributed by atoms with Gasteiger partial charge < -0.3 is 14.2 Å². The number of hydrogen-bond acceptors (Lipinski definition) is 6. The van der Waals surface area contributed by atoms with E-state index < -0.39 is 22.8 Å². The fourth-order valence-corrected chi connectivity index (χ4v) is 5.50. The molecule has 0 aromatic rings. The van der Waals surface area contributed by atoms with Crippen molar-refractivity contribution in [3.63, 3.8) is 0 Å². The fraction of sp³-hybridized carbons (Fsp3) is 0.944.